The van der Waals surface area contributed by atoms with Crippen LogP contribution in [-0.4, -0.2) is 18.0 Å². The van der Waals surface area contributed by atoms with Crippen molar-refractivity contribution in [2.24, 2.45) is 0 Å². The Labute approximate surface area is 168 Å². The molecular weight excluding hydrogens is 372 g/mol. The molecule has 2 aromatic carbocycles. The number of hydrogen-bond donors (Lipinski definition) is 2. The summed E-state index contributed by atoms with van der Waals surface area (Å²) in [5, 5.41) is 7.54. The number of benzene rings is 2. The van der Waals surface area contributed by atoms with Crippen LogP contribution >= 0.6 is 11.3 Å². The van der Waals surface area contributed by atoms with Gasteiger partial charge in [0.2, 0.25) is 5.91 Å². The molecule has 1 atom stereocenters. The van der Waals surface area contributed by atoms with Gasteiger partial charge in [-0.15, -0.1) is 11.3 Å². The Bertz CT molecular complexity index is 867. The van der Waals surface area contributed by atoms with E-state index in [0.717, 1.165) is 16.0 Å². The molecule has 3 aromatic rings. The number of alkyl carbamates (subject to hydrolysis) is 1. The number of hydrogen-bond acceptors (Lipinski definition) is 4. The summed E-state index contributed by atoms with van der Waals surface area (Å²) in [5.74, 6) is -0.242. The number of amides is 2. The van der Waals surface area contributed by atoms with Crippen LogP contribution in [0.4, 0.5) is 4.79 Å². The Morgan fingerprint density at radius 3 is 2.21 bits per heavy atom. The van der Waals surface area contributed by atoms with Crippen molar-refractivity contribution in [1.29, 1.82) is 0 Å². The van der Waals surface area contributed by atoms with Crippen LogP contribution in [0.15, 0.2) is 78.2 Å². The molecule has 0 aliphatic heterocycles. The minimum atomic E-state index is -0.717. The van der Waals surface area contributed by atoms with Gasteiger partial charge in [0.05, 0.1) is 6.54 Å². The third-order valence-corrected chi connectivity index (χ3v) is 5.00. The Morgan fingerprint density at radius 1 is 0.893 bits per heavy atom. The lowest BCUT2D eigenvalue weighted by molar-refractivity contribution is -0.123. The minimum Gasteiger partial charge on any atom is -0.445 e. The summed E-state index contributed by atoms with van der Waals surface area (Å²) < 4.78 is 5.27. The van der Waals surface area contributed by atoms with E-state index in [0.29, 0.717) is 13.0 Å². The van der Waals surface area contributed by atoms with E-state index in [1.165, 1.54) is 0 Å². The summed E-state index contributed by atoms with van der Waals surface area (Å²) in [6.07, 6.45) is -0.228. The van der Waals surface area contributed by atoms with E-state index >= 15 is 0 Å². The molecule has 2 N–H and O–H groups in total. The minimum absolute atomic E-state index is 0.154. The number of nitrogens with one attached hydrogen (secondary N) is 2. The largest absolute Gasteiger partial charge is 0.445 e. The SMILES string of the molecule is O=C(NC(Cc1ccccc1)C(=O)NCc1cccs1)OCc1ccccc1. The van der Waals surface area contributed by atoms with Gasteiger partial charge in [0.15, 0.2) is 0 Å². The zero-order valence-electron chi connectivity index (χ0n) is 15.3. The molecule has 0 saturated carbocycles. The first kappa shape index (κ1) is 19.6. The average molecular weight is 394 g/mol. The molecule has 0 radical (unpaired) electrons. The van der Waals surface area contributed by atoms with Crippen molar-refractivity contribution in [2.75, 3.05) is 0 Å². The van der Waals surface area contributed by atoms with Crippen LogP contribution in [0.3, 0.4) is 0 Å². The van der Waals surface area contributed by atoms with Gasteiger partial charge in [-0.05, 0) is 22.6 Å². The fraction of sp³-hybridized carbons (Fsp3) is 0.182. The molecule has 0 fully saturated rings. The van der Waals surface area contributed by atoms with E-state index < -0.39 is 12.1 Å². The second-order valence-corrected chi connectivity index (χ2v) is 7.28. The average Bonchev–Trinajstić information content (AvgIpc) is 3.25. The normalized spacial score (nSPS) is 11.4. The topological polar surface area (TPSA) is 67.4 Å². The summed E-state index contributed by atoms with van der Waals surface area (Å²) in [6, 6.07) is 22.2. The maximum atomic E-state index is 12.7. The number of rotatable bonds is 8. The van der Waals surface area contributed by atoms with Crippen LogP contribution in [0, 0.1) is 0 Å². The number of thiophene rings is 1. The predicted molar refractivity (Wildman–Crippen MR) is 110 cm³/mol. The molecule has 2 amide bonds. The Hall–Kier alpha value is -3.12. The van der Waals surface area contributed by atoms with E-state index in [2.05, 4.69) is 10.6 Å². The third kappa shape index (κ3) is 6.25. The van der Waals surface area contributed by atoms with Gasteiger partial charge in [-0.3, -0.25) is 4.79 Å². The van der Waals surface area contributed by atoms with Gasteiger partial charge in [-0.25, -0.2) is 4.79 Å². The molecule has 0 bridgehead atoms. The number of ether oxygens (including phenoxy) is 1. The molecule has 1 heterocycles. The summed E-state index contributed by atoms with van der Waals surface area (Å²) in [5.41, 5.74) is 1.85. The molecule has 5 nitrogen and oxygen atoms in total. The van der Waals surface area contributed by atoms with Gasteiger partial charge >= 0.3 is 6.09 Å². The van der Waals surface area contributed by atoms with Crippen molar-refractivity contribution < 1.29 is 14.3 Å². The van der Waals surface area contributed by atoms with Gasteiger partial charge in [0, 0.05) is 11.3 Å². The van der Waals surface area contributed by atoms with Crippen molar-refractivity contribution in [3.63, 3.8) is 0 Å². The fourth-order valence-corrected chi connectivity index (χ4v) is 3.32. The molecule has 0 aliphatic carbocycles. The van der Waals surface area contributed by atoms with Gasteiger partial charge in [0.1, 0.15) is 12.6 Å². The van der Waals surface area contributed by atoms with Crippen LogP contribution in [0.5, 0.6) is 0 Å². The van der Waals surface area contributed by atoms with Crippen molar-refractivity contribution >= 4 is 23.3 Å². The van der Waals surface area contributed by atoms with Crippen LogP contribution in [0.25, 0.3) is 0 Å². The molecule has 3 rings (SSSR count). The first-order valence-corrected chi connectivity index (χ1v) is 9.90. The zero-order valence-corrected chi connectivity index (χ0v) is 16.2. The van der Waals surface area contributed by atoms with Crippen LogP contribution in [0.2, 0.25) is 0 Å². The molecule has 28 heavy (non-hydrogen) atoms. The van der Waals surface area contributed by atoms with E-state index in [1.54, 1.807) is 11.3 Å². The van der Waals surface area contributed by atoms with Crippen molar-refractivity contribution in [3.05, 3.63) is 94.2 Å². The lowest BCUT2D eigenvalue weighted by atomic mass is 10.1. The molecule has 1 aromatic heterocycles. The molecule has 0 saturated heterocycles. The highest BCUT2D eigenvalue weighted by Gasteiger charge is 2.22. The summed E-state index contributed by atoms with van der Waals surface area (Å²) in [4.78, 5) is 26.0. The van der Waals surface area contributed by atoms with Gasteiger partial charge in [0.25, 0.3) is 0 Å². The second kappa shape index (κ2) is 10.3. The highest BCUT2D eigenvalue weighted by molar-refractivity contribution is 7.09. The maximum Gasteiger partial charge on any atom is 0.408 e. The molecule has 1 unspecified atom stereocenters. The van der Waals surface area contributed by atoms with Crippen molar-refractivity contribution in [3.8, 4) is 0 Å². The lowest BCUT2D eigenvalue weighted by Crippen LogP contribution is -2.47. The van der Waals surface area contributed by atoms with Gasteiger partial charge in [-0.1, -0.05) is 66.7 Å². The summed E-state index contributed by atoms with van der Waals surface area (Å²) in [7, 11) is 0. The Kier molecular flexibility index (Phi) is 7.21. The highest BCUT2D eigenvalue weighted by atomic mass is 32.1. The second-order valence-electron chi connectivity index (χ2n) is 6.25. The van der Waals surface area contributed by atoms with E-state index in [4.69, 9.17) is 4.74 Å². The summed E-state index contributed by atoms with van der Waals surface area (Å²) >= 11 is 1.57. The van der Waals surface area contributed by atoms with Crippen LogP contribution in [0.1, 0.15) is 16.0 Å². The number of carbonyl (C=O) groups is 2. The fourth-order valence-electron chi connectivity index (χ4n) is 2.68. The van der Waals surface area contributed by atoms with E-state index in [1.807, 2.05) is 78.2 Å². The standard InChI is InChI=1S/C22H22N2O3S/c25-21(23-15-19-12-7-13-28-19)20(14-17-8-3-1-4-9-17)24-22(26)27-16-18-10-5-2-6-11-18/h1-13,20H,14-16H2,(H,23,25)(H,24,26). The third-order valence-electron chi connectivity index (χ3n) is 4.12. The van der Waals surface area contributed by atoms with Crippen LogP contribution in [-0.2, 0) is 29.1 Å². The molecule has 0 spiro atoms. The van der Waals surface area contributed by atoms with Crippen LogP contribution < -0.4 is 10.6 Å². The molecular formula is C22H22N2O3S. The smallest absolute Gasteiger partial charge is 0.408 e. The highest BCUT2D eigenvalue weighted by Crippen LogP contribution is 2.09. The Morgan fingerprint density at radius 2 is 1.57 bits per heavy atom. The predicted octanol–water partition coefficient (Wildman–Crippen LogP) is 3.90. The van der Waals surface area contributed by atoms with Gasteiger partial charge in [-0.2, -0.15) is 0 Å². The van der Waals surface area contributed by atoms with Crippen molar-refractivity contribution in [2.45, 2.75) is 25.6 Å². The lowest BCUT2D eigenvalue weighted by Gasteiger charge is -2.18. The van der Waals surface area contributed by atoms with Crippen molar-refractivity contribution in [1.82, 2.24) is 10.6 Å². The molecule has 6 heteroatoms. The summed E-state index contributed by atoms with van der Waals surface area (Å²) in [6.45, 7) is 0.587. The van der Waals surface area contributed by atoms with E-state index in [9.17, 15) is 9.59 Å². The molecule has 144 valence electrons. The molecule has 0 aliphatic rings. The maximum absolute atomic E-state index is 12.7. The van der Waals surface area contributed by atoms with Gasteiger partial charge < -0.3 is 15.4 Å². The first-order valence-electron chi connectivity index (χ1n) is 9.02. The monoisotopic (exact) mass is 394 g/mol. The zero-order chi connectivity index (χ0) is 19.6. The Balaban J connectivity index is 1.59. The quantitative estimate of drug-likeness (QED) is 0.609. The number of carbonyl (C=O) groups excluding carboxylic acids is 2. The first-order chi connectivity index (χ1) is 13.7. The van der Waals surface area contributed by atoms with E-state index in [-0.39, 0.29) is 12.5 Å².